The highest BCUT2D eigenvalue weighted by molar-refractivity contribution is 5.44. The number of ether oxygens (including phenoxy) is 1. The third-order valence-corrected chi connectivity index (χ3v) is 1.83. The normalized spacial score (nSPS) is 9.44. The number of nitriles is 1. The van der Waals surface area contributed by atoms with E-state index < -0.39 is 6.01 Å². The summed E-state index contributed by atoms with van der Waals surface area (Å²) in [5.41, 5.74) is 0.383. The van der Waals surface area contributed by atoms with Gasteiger partial charge in [0, 0.05) is 12.3 Å². The molecule has 2 aromatic rings. The van der Waals surface area contributed by atoms with Gasteiger partial charge in [0.05, 0.1) is 5.56 Å². The zero-order chi connectivity index (χ0) is 11.4. The molecule has 1 heterocycles. The minimum Gasteiger partial charge on any atom is -0.437 e. The number of nitrogens with zero attached hydrogens (tertiary/aromatic N) is 3. The van der Waals surface area contributed by atoms with Crippen LogP contribution >= 0.6 is 0 Å². The fraction of sp³-hybridized carbons (Fsp3) is 0. The second kappa shape index (κ2) is 4.28. The van der Waals surface area contributed by atoms with Crippen molar-refractivity contribution in [2.45, 2.75) is 0 Å². The van der Waals surface area contributed by atoms with E-state index in [2.05, 4.69) is 9.97 Å². The molecule has 1 aromatic heterocycles. The Morgan fingerprint density at radius 1 is 1.25 bits per heavy atom. The second-order valence-corrected chi connectivity index (χ2v) is 2.89. The quantitative estimate of drug-likeness (QED) is 0.764. The zero-order valence-electron chi connectivity index (χ0n) is 8.12. The Bertz CT molecular complexity index is 549. The molecular formula is C11H6N3O2. The van der Waals surface area contributed by atoms with Crippen molar-refractivity contribution in [3.8, 4) is 23.7 Å². The molecule has 0 fully saturated rings. The molecule has 0 atom stereocenters. The van der Waals surface area contributed by atoms with Crippen LogP contribution in [0.4, 0.5) is 0 Å². The molecule has 0 bridgehead atoms. The van der Waals surface area contributed by atoms with E-state index in [1.54, 1.807) is 24.3 Å². The Morgan fingerprint density at radius 2 is 2.06 bits per heavy atom. The molecule has 0 saturated carbocycles. The molecule has 2 rings (SSSR count). The Hall–Kier alpha value is -2.61. The lowest BCUT2D eigenvalue weighted by Crippen LogP contribution is -1.90. The van der Waals surface area contributed by atoms with Gasteiger partial charge in [-0.2, -0.15) is 15.2 Å². The molecule has 5 nitrogen and oxygen atoms in total. The highest BCUT2D eigenvalue weighted by atomic mass is 16.5. The molecule has 0 spiro atoms. The third kappa shape index (κ3) is 2.07. The fourth-order valence-corrected chi connectivity index (χ4v) is 1.14. The Kier molecular flexibility index (Phi) is 2.65. The molecule has 0 unspecified atom stereocenters. The molecule has 1 aromatic carbocycles. The van der Waals surface area contributed by atoms with E-state index in [9.17, 15) is 5.11 Å². The van der Waals surface area contributed by atoms with Gasteiger partial charge in [0.2, 0.25) is 5.88 Å². The van der Waals surface area contributed by atoms with Crippen LogP contribution in [0.15, 0.2) is 36.5 Å². The first kappa shape index (κ1) is 9.93. The van der Waals surface area contributed by atoms with Crippen molar-refractivity contribution >= 4 is 0 Å². The van der Waals surface area contributed by atoms with E-state index in [0.717, 1.165) is 0 Å². The second-order valence-electron chi connectivity index (χ2n) is 2.89. The summed E-state index contributed by atoms with van der Waals surface area (Å²) in [5.74, 6) is 0.491. The molecule has 77 valence electrons. The van der Waals surface area contributed by atoms with Crippen molar-refractivity contribution in [1.82, 2.24) is 9.97 Å². The van der Waals surface area contributed by atoms with Gasteiger partial charge in [-0.15, -0.1) is 0 Å². The van der Waals surface area contributed by atoms with Gasteiger partial charge in [-0.1, -0.05) is 12.1 Å². The molecule has 0 N–H and O–H groups in total. The Labute approximate surface area is 91.6 Å². The standard InChI is InChI=1S/C11H6N3O2/c12-7-8-3-1-2-4-9(8)16-10-5-6-13-11(15)14-10/h1-6H. The first-order chi connectivity index (χ1) is 7.79. The lowest BCUT2D eigenvalue weighted by molar-refractivity contribution is 0.311. The van der Waals surface area contributed by atoms with Crippen LogP contribution in [-0.4, -0.2) is 9.97 Å². The van der Waals surface area contributed by atoms with Crippen LogP contribution in [-0.2, 0) is 5.11 Å². The highest BCUT2D eigenvalue weighted by Crippen LogP contribution is 2.23. The van der Waals surface area contributed by atoms with E-state index >= 15 is 0 Å². The number of aromatic nitrogens is 2. The zero-order valence-corrected chi connectivity index (χ0v) is 8.12. The minimum atomic E-state index is -0.619. The molecule has 1 radical (unpaired) electrons. The summed E-state index contributed by atoms with van der Waals surface area (Å²) in [5, 5.41) is 19.7. The molecule has 0 aliphatic rings. The van der Waals surface area contributed by atoms with E-state index in [-0.39, 0.29) is 5.88 Å². The SMILES string of the molecule is N#Cc1ccccc1Oc1ccnc([O])n1. The van der Waals surface area contributed by atoms with Crippen LogP contribution in [0.1, 0.15) is 5.56 Å². The average molecular weight is 212 g/mol. The van der Waals surface area contributed by atoms with Crippen LogP contribution in [0.2, 0.25) is 0 Å². The number of rotatable bonds is 2. The van der Waals surface area contributed by atoms with Crippen molar-refractivity contribution in [2.75, 3.05) is 0 Å². The minimum absolute atomic E-state index is 0.128. The van der Waals surface area contributed by atoms with E-state index in [1.807, 2.05) is 6.07 Å². The monoisotopic (exact) mass is 212 g/mol. The van der Waals surface area contributed by atoms with Gasteiger partial charge < -0.3 is 4.74 Å². The number of benzene rings is 1. The van der Waals surface area contributed by atoms with Crippen LogP contribution in [0.25, 0.3) is 0 Å². The molecule has 0 aliphatic heterocycles. The van der Waals surface area contributed by atoms with Crippen LogP contribution < -0.4 is 4.74 Å². The average Bonchev–Trinajstić information content (AvgIpc) is 2.30. The summed E-state index contributed by atoms with van der Waals surface area (Å²) in [4.78, 5) is 6.96. The maximum atomic E-state index is 10.9. The molecule has 0 amide bonds. The van der Waals surface area contributed by atoms with Gasteiger partial charge in [0.15, 0.2) is 0 Å². The highest BCUT2D eigenvalue weighted by Gasteiger charge is 2.05. The first-order valence-corrected chi connectivity index (χ1v) is 4.46. The molecule has 0 saturated heterocycles. The summed E-state index contributed by atoms with van der Waals surface area (Å²) in [7, 11) is 0. The topological polar surface area (TPSA) is 78.7 Å². The van der Waals surface area contributed by atoms with E-state index in [4.69, 9.17) is 10.00 Å². The largest absolute Gasteiger partial charge is 0.437 e. The molecule has 0 aliphatic carbocycles. The first-order valence-electron chi connectivity index (χ1n) is 4.46. The predicted octanol–water partition coefficient (Wildman–Crippen LogP) is 2.28. The van der Waals surface area contributed by atoms with Crippen LogP contribution in [0.5, 0.6) is 17.6 Å². The maximum absolute atomic E-state index is 10.9. The summed E-state index contributed by atoms with van der Waals surface area (Å²) in [6.07, 6.45) is 1.31. The van der Waals surface area contributed by atoms with Gasteiger partial charge in [0.25, 0.3) is 0 Å². The maximum Gasteiger partial charge on any atom is 0.370 e. The molecule has 16 heavy (non-hydrogen) atoms. The molecule has 5 heteroatoms. The van der Waals surface area contributed by atoms with Gasteiger partial charge >= 0.3 is 6.01 Å². The van der Waals surface area contributed by atoms with E-state index in [1.165, 1.54) is 12.3 Å². The summed E-state index contributed by atoms with van der Waals surface area (Å²) in [6.45, 7) is 0. The van der Waals surface area contributed by atoms with Crippen molar-refractivity contribution in [3.63, 3.8) is 0 Å². The van der Waals surface area contributed by atoms with Gasteiger partial charge in [-0.25, -0.2) is 5.11 Å². The van der Waals surface area contributed by atoms with E-state index in [0.29, 0.717) is 11.3 Å². The van der Waals surface area contributed by atoms with Gasteiger partial charge in [-0.05, 0) is 12.1 Å². The van der Waals surface area contributed by atoms with Crippen molar-refractivity contribution in [2.24, 2.45) is 0 Å². The smallest absolute Gasteiger partial charge is 0.370 e. The van der Waals surface area contributed by atoms with Crippen LogP contribution in [0.3, 0.4) is 0 Å². The van der Waals surface area contributed by atoms with Crippen molar-refractivity contribution < 1.29 is 9.84 Å². The number of para-hydroxylation sites is 1. The Morgan fingerprint density at radius 3 is 2.81 bits per heavy atom. The summed E-state index contributed by atoms with van der Waals surface area (Å²) in [6, 6.07) is 9.53. The predicted molar refractivity (Wildman–Crippen MR) is 53.4 cm³/mol. The van der Waals surface area contributed by atoms with Crippen LogP contribution in [0, 0.1) is 11.3 Å². The third-order valence-electron chi connectivity index (χ3n) is 1.83. The Balaban J connectivity index is 2.31. The summed E-state index contributed by atoms with van der Waals surface area (Å²) >= 11 is 0. The lowest BCUT2D eigenvalue weighted by Gasteiger charge is -2.04. The van der Waals surface area contributed by atoms with Gasteiger partial charge in [-0.3, -0.25) is 0 Å². The molecular weight excluding hydrogens is 206 g/mol. The van der Waals surface area contributed by atoms with Crippen molar-refractivity contribution in [3.05, 3.63) is 42.1 Å². The van der Waals surface area contributed by atoms with Crippen molar-refractivity contribution in [1.29, 1.82) is 5.26 Å². The lowest BCUT2D eigenvalue weighted by atomic mass is 10.2. The number of hydrogen-bond donors (Lipinski definition) is 0. The number of hydrogen-bond acceptors (Lipinski definition) is 4. The van der Waals surface area contributed by atoms with Gasteiger partial charge in [0.1, 0.15) is 11.8 Å². The summed E-state index contributed by atoms with van der Waals surface area (Å²) < 4.78 is 5.31. The fourth-order valence-electron chi connectivity index (χ4n) is 1.14.